The topological polar surface area (TPSA) is 29.3 Å². The molecule has 0 radical (unpaired) electrons. The van der Waals surface area contributed by atoms with Gasteiger partial charge in [-0.3, -0.25) is 4.90 Å². The predicted molar refractivity (Wildman–Crippen MR) is 82.6 cm³/mol. The van der Waals surface area contributed by atoms with E-state index >= 15 is 0 Å². The second-order valence-electron chi connectivity index (χ2n) is 5.00. The van der Waals surface area contributed by atoms with Crippen LogP contribution in [0.15, 0.2) is 22.7 Å². The Morgan fingerprint density at radius 1 is 1.32 bits per heavy atom. The Kier molecular flexibility index (Phi) is 5.96. The van der Waals surface area contributed by atoms with E-state index in [1.165, 1.54) is 0 Å². The van der Waals surface area contributed by atoms with Gasteiger partial charge in [-0.1, -0.05) is 32.9 Å². The van der Waals surface area contributed by atoms with E-state index < -0.39 is 0 Å². The van der Waals surface area contributed by atoms with Gasteiger partial charge in [0.15, 0.2) is 0 Å². The molecule has 1 aromatic carbocycles. The molecule has 0 heterocycles. The highest BCUT2D eigenvalue weighted by atomic mass is 79.9. The zero-order valence-electron chi connectivity index (χ0n) is 12.2. The van der Waals surface area contributed by atoms with E-state index in [4.69, 9.17) is 5.73 Å². The van der Waals surface area contributed by atoms with Crippen LogP contribution in [-0.2, 0) is 0 Å². The minimum Gasteiger partial charge on any atom is -0.322 e. The molecule has 0 saturated heterocycles. The molecule has 108 valence electrons. The first-order chi connectivity index (χ1) is 8.92. The van der Waals surface area contributed by atoms with Crippen molar-refractivity contribution in [2.45, 2.75) is 45.7 Å². The quantitative estimate of drug-likeness (QED) is 0.850. The molecule has 0 fully saturated rings. The van der Waals surface area contributed by atoms with E-state index in [-0.39, 0.29) is 17.4 Å². The van der Waals surface area contributed by atoms with Crippen LogP contribution < -0.4 is 5.73 Å². The molecule has 19 heavy (non-hydrogen) atoms. The minimum absolute atomic E-state index is 0.245. The summed E-state index contributed by atoms with van der Waals surface area (Å²) >= 11 is 3.23. The molecular weight excluding hydrogens is 307 g/mol. The molecule has 2 atom stereocenters. The Balaban J connectivity index is 3.21. The van der Waals surface area contributed by atoms with Crippen molar-refractivity contribution in [1.29, 1.82) is 0 Å². The number of halogens is 2. The van der Waals surface area contributed by atoms with Crippen LogP contribution in [0.1, 0.15) is 45.7 Å². The summed E-state index contributed by atoms with van der Waals surface area (Å²) in [6.07, 6.45) is 0.877. The van der Waals surface area contributed by atoms with E-state index in [9.17, 15) is 4.39 Å². The maximum absolute atomic E-state index is 14.2. The summed E-state index contributed by atoms with van der Waals surface area (Å²) < 4.78 is 14.7. The van der Waals surface area contributed by atoms with Crippen molar-refractivity contribution in [1.82, 2.24) is 4.90 Å². The van der Waals surface area contributed by atoms with Gasteiger partial charge in [-0.15, -0.1) is 0 Å². The fourth-order valence-corrected chi connectivity index (χ4v) is 3.06. The van der Waals surface area contributed by atoms with Crippen LogP contribution in [0.4, 0.5) is 4.39 Å². The summed E-state index contributed by atoms with van der Waals surface area (Å²) in [5.41, 5.74) is 6.73. The van der Waals surface area contributed by atoms with Gasteiger partial charge in [-0.05, 0) is 48.4 Å². The number of rotatable bonds is 6. The van der Waals surface area contributed by atoms with Crippen molar-refractivity contribution >= 4 is 15.9 Å². The number of nitrogens with two attached hydrogens (primary N) is 1. The molecule has 0 aliphatic heterocycles. The molecule has 0 aliphatic rings. The first-order valence-corrected chi connectivity index (χ1v) is 7.66. The molecule has 2 N–H and O–H groups in total. The zero-order valence-corrected chi connectivity index (χ0v) is 13.8. The van der Waals surface area contributed by atoms with Crippen LogP contribution in [-0.4, -0.2) is 23.5 Å². The predicted octanol–water partition coefficient (Wildman–Crippen LogP) is 4.10. The molecule has 0 saturated carbocycles. The smallest absolute Gasteiger partial charge is 0.142 e. The van der Waals surface area contributed by atoms with Crippen molar-refractivity contribution in [3.05, 3.63) is 34.1 Å². The molecule has 0 aromatic heterocycles. The number of hydrogen-bond donors (Lipinski definition) is 1. The Labute approximate surface area is 124 Å². The lowest BCUT2D eigenvalue weighted by Gasteiger charge is -2.44. The Morgan fingerprint density at radius 2 is 1.89 bits per heavy atom. The summed E-state index contributed by atoms with van der Waals surface area (Å²) in [4.78, 5) is 2.30. The number of likely N-dealkylation sites (N-methyl/N-ethyl adjacent to an activating group) is 1. The third-order valence-corrected chi connectivity index (χ3v) is 4.80. The fourth-order valence-electron chi connectivity index (χ4n) is 2.68. The van der Waals surface area contributed by atoms with Gasteiger partial charge in [-0.2, -0.15) is 0 Å². The summed E-state index contributed by atoms with van der Waals surface area (Å²) in [5, 5.41) is 0. The van der Waals surface area contributed by atoms with E-state index in [0.29, 0.717) is 10.0 Å². The van der Waals surface area contributed by atoms with Crippen molar-refractivity contribution in [3.8, 4) is 0 Å². The highest BCUT2D eigenvalue weighted by Crippen LogP contribution is 2.35. The Hall–Kier alpha value is -0.450. The molecule has 0 spiro atoms. The Morgan fingerprint density at radius 3 is 2.37 bits per heavy atom. The molecule has 0 amide bonds. The second kappa shape index (κ2) is 6.82. The van der Waals surface area contributed by atoms with E-state index in [1.807, 2.05) is 6.07 Å². The highest BCUT2D eigenvalue weighted by Gasteiger charge is 2.37. The van der Waals surface area contributed by atoms with Gasteiger partial charge in [-0.25, -0.2) is 4.39 Å². The van der Waals surface area contributed by atoms with E-state index in [2.05, 4.69) is 48.5 Å². The lowest BCUT2D eigenvalue weighted by molar-refractivity contribution is 0.0831. The van der Waals surface area contributed by atoms with Crippen LogP contribution >= 0.6 is 15.9 Å². The van der Waals surface area contributed by atoms with Crippen LogP contribution in [0.5, 0.6) is 0 Å². The normalized spacial score (nSPS) is 16.4. The lowest BCUT2D eigenvalue weighted by Crippen LogP contribution is -2.53. The SMILES string of the molecule is CCN(CC)C(C)(CC)C(N)c1cccc(Br)c1F. The van der Waals surface area contributed by atoms with Crippen LogP contribution in [0.25, 0.3) is 0 Å². The second-order valence-corrected chi connectivity index (χ2v) is 5.86. The van der Waals surface area contributed by atoms with Crippen molar-refractivity contribution in [3.63, 3.8) is 0 Å². The first-order valence-electron chi connectivity index (χ1n) is 6.86. The summed E-state index contributed by atoms with van der Waals surface area (Å²) in [7, 11) is 0. The molecule has 4 heteroatoms. The van der Waals surface area contributed by atoms with Crippen molar-refractivity contribution < 1.29 is 4.39 Å². The monoisotopic (exact) mass is 330 g/mol. The standard InChI is InChI=1S/C15H24BrFN2/c1-5-15(4,19(6-2)7-3)14(18)11-9-8-10-12(16)13(11)17/h8-10,14H,5-7,18H2,1-4H3. The minimum atomic E-state index is -0.352. The average molecular weight is 331 g/mol. The third-order valence-electron chi connectivity index (χ3n) is 4.19. The third kappa shape index (κ3) is 3.18. The molecule has 0 bridgehead atoms. The van der Waals surface area contributed by atoms with Gasteiger partial charge in [0, 0.05) is 11.1 Å². The largest absolute Gasteiger partial charge is 0.322 e. The molecule has 1 rings (SSSR count). The highest BCUT2D eigenvalue weighted by molar-refractivity contribution is 9.10. The molecular formula is C15H24BrFN2. The summed E-state index contributed by atoms with van der Waals surface area (Å²) in [6, 6.07) is 4.96. The van der Waals surface area contributed by atoms with Gasteiger partial charge in [0.05, 0.1) is 10.5 Å². The van der Waals surface area contributed by atoms with Crippen LogP contribution in [0.3, 0.4) is 0 Å². The number of nitrogens with zero attached hydrogens (tertiary/aromatic N) is 1. The maximum Gasteiger partial charge on any atom is 0.142 e. The Bertz CT molecular complexity index is 421. The fraction of sp³-hybridized carbons (Fsp3) is 0.600. The molecule has 1 aromatic rings. The van der Waals surface area contributed by atoms with Gasteiger partial charge < -0.3 is 5.73 Å². The summed E-state index contributed by atoms with van der Waals surface area (Å²) in [5.74, 6) is -0.248. The van der Waals surface area contributed by atoms with Crippen LogP contribution in [0.2, 0.25) is 0 Å². The number of hydrogen-bond acceptors (Lipinski definition) is 2. The van der Waals surface area contributed by atoms with E-state index in [0.717, 1.165) is 19.5 Å². The summed E-state index contributed by atoms with van der Waals surface area (Å²) in [6.45, 7) is 10.3. The van der Waals surface area contributed by atoms with Gasteiger partial charge >= 0.3 is 0 Å². The van der Waals surface area contributed by atoms with Crippen molar-refractivity contribution in [2.24, 2.45) is 5.73 Å². The van der Waals surface area contributed by atoms with Gasteiger partial charge in [0.2, 0.25) is 0 Å². The number of benzene rings is 1. The molecule has 2 unspecified atom stereocenters. The van der Waals surface area contributed by atoms with Crippen LogP contribution in [0, 0.1) is 5.82 Å². The van der Waals surface area contributed by atoms with Gasteiger partial charge in [0.25, 0.3) is 0 Å². The maximum atomic E-state index is 14.2. The zero-order chi connectivity index (χ0) is 14.6. The van der Waals surface area contributed by atoms with E-state index in [1.54, 1.807) is 12.1 Å². The molecule has 2 nitrogen and oxygen atoms in total. The van der Waals surface area contributed by atoms with Crippen molar-refractivity contribution in [2.75, 3.05) is 13.1 Å². The lowest BCUT2D eigenvalue weighted by atomic mass is 9.83. The van der Waals surface area contributed by atoms with Gasteiger partial charge in [0.1, 0.15) is 5.82 Å². The molecule has 0 aliphatic carbocycles. The average Bonchev–Trinajstić information content (AvgIpc) is 2.42. The first kappa shape index (κ1) is 16.6.